The number of carbonyl (C=O) groups is 2. The number of nitrogens with two attached hydrogens (primary N) is 1. The zero-order valence-electron chi connectivity index (χ0n) is 11.7. The molecule has 0 saturated heterocycles. The smallest absolute Gasteiger partial charge is 0.326 e. The molecular weight excluding hydrogens is 260 g/mol. The molecule has 6 heteroatoms. The van der Waals surface area contributed by atoms with Crippen LogP contribution in [0.4, 0.5) is 5.69 Å². The molecule has 1 rings (SSSR count). The zero-order valence-corrected chi connectivity index (χ0v) is 11.7. The second-order valence-electron chi connectivity index (χ2n) is 4.47. The van der Waals surface area contributed by atoms with E-state index in [-0.39, 0.29) is 5.56 Å². The highest BCUT2D eigenvalue weighted by Gasteiger charge is 2.21. The van der Waals surface area contributed by atoms with E-state index >= 15 is 0 Å². The SMILES string of the molecule is CCCC[C@H](NC(=O)c1ccc(N)cc1OC)C(=O)O. The minimum atomic E-state index is -1.04. The van der Waals surface area contributed by atoms with Crippen molar-refractivity contribution in [3.8, 4) is 5.75 Å². The van der Waals surface area contributed by atoms with Crippen molar-refractivity contribution in [2.24, 2.45) is 0 Å². The first-order valence-corrected chi connectivity index (χ1v) is 6.46. The fraction of sp³-hybridized carbons (Fsp3) is 0.429. The topological polar surface area (TPSA) is 102 Å². The van der Waals surface area contributed by atoms with Gasteiger partial charge in [0.1, 0.15) is 11.8 Å². The molecule has 4 N–H and O–H groups in total. The van der Waals surface area contributed by atoms with Gasteiger partial charge in [-0.3, -0.25) is 4.79 Å². The van der Waals surface area contributed by atoms with Gasteiger partial charge in [0.05, 0.1) is 12.7 Å². The van der Waals surface area contributed by atoms with E-state index in [4.69, 9.17) is 15.6 Å². The van der Waals surface area contributed by atoms with E-state index in [0.29, 0.717) is 17.9 Å². The minimum Gasteiger partial charge on any atom is -0.496 e. The Kier molecular flexibility index (Phi) is 5.83. The quantitative estimate of drug-likeness (QED) is 0.659. The van der Waals surface area contributed by atoms with Crippen LogP contribution in [-0.4, -0.2) is 30.1 Å². The number of methoxy groups -OCH3 is 1. The number of ether oxygens (including phenoxy) is 1. The lowest BCUT2D eigenvalue weighted by atomic mass is 10.1. The van der Waals surface area contributed by atoms with E-state index < -0.39 is 17.9 Å². The molecule has 20 heavy (non-hydrogen) atoms. The normalized spacial score (nSPS) is 11.7. The Bertz CT molecular complexity index is 488. The molecule has 0 aliphatic heterocycles. The largest absolute Gasteiger partial charge is 0.496 e. The number of carboxylic acids is 1. The number of nitrogens with one attached hydrogen (secondary N) is 1. The second kappa shape index (κ2) is 7.37. The Labute approximate surface area is 117 Å². The van der Waals surface area contributed by atoms with Gasteiger partial charge in [0.25, 0.3) is 5.91 Å². The van der Waals surface area contributed by atoms with Crippen LogP contribution in [0.15, 0.2) is 18.2 Å². The molecule has 0 radical (unpaired) electrons. The molecule has 0 unspecified atom stereocenters. The number of unbranched alkanes of at least 4 members (excludes halogenated alkanes) is 1. The van der Waals surface area contributed by atoms with Crippen molar-refractivity contribution in [3.63, 3.8) is 0 Å². The van der Waals surface area contributed by atoms with E-state index in [1.165, 1.54) is 19.2 Å². The van der Waals surface area contributed by atoms with Crippen LogP contribution < -0.4 is 15.8 Å². The third-order valence-corrected chi connectivity index (χ3v) is 2.92. The highest BCUT2D eigenvalue weighted by atomic mass is 16.5. The van der Waals surface area contributed by atoms with Gasteiger partial charge in [-0.2, -0.15) is 0 Å². The Hall–Kier alpha value is -2.24. The fourth-order valence-electron chi connectivity index (χ4n) is 1.80. The first kappa shape index (κ1) is 15.8. The van der Waals surface area contributed by atoms with E-state index in [1.54, 1.807) is 6.07 Å². The lowest BCUT2D eigenvalue weighted by Crippen LogP contribution is -2.40. The second-order valence-corrected chi connectivity index (χ2v) is 4.47. The maximum absolute atomic E-state index is 12.1. The first-order valence-electron chi connectivity index (χ1n) is 6.46. The van der Waals surface area contributed by atoms with Gasteiger partial charge in [0.15, 0.2) is 0 Å². The van der Waals surface area contributed by atoms with Crippen LogP contribution in [0.1, 0.15) is 36.5 Å². The molecular formula is C14H20N2O4. The number of nitrogen functional groups attached to an aromatic ring is 1. The number of benzene rings is 1. The van der Waals surface area contributed by atoms with Gasteiger partial charge in [-0.1, -0.05) is 19.8 Å². The number of hydrogen-bond donors (Lipinski definition) is 3. The van der Waals surface area contributed by atoms with Crippen molar-refractivity contribution < 1.29 is 19.4 Å². The number of rotatable bonds is 7. The van der Waals surface area contributed by atoms with E-state index in [2.05, 4.69) is 5.32 Å². The third kappa shape index (κ3) is 4.15. The molecule has 0 spiro atoms. The zero-order chi connectivity index (χ0) is 15.1. The van der Waals surface area contributed by atoms with Crippen LogP contribution in [-0.2, 0) is 4.79 Å². The highest BCUT2D eigenvalue weighted by Crippen LogP contribution is 2.21. The van der Waals surface area contributed by atoms with Crippen LogP contribution in [0.3, 0.4) is 0 Å². The van der Waals surface area contributed by atoms with Crippen molar-refractivity contribution in [2.45, 2.75) is 32.2 Å². The number of carbonyl (C=O) groups excluding carboxylic acids is 1. The number of carboxylic acid groups (broad SMARTS) is 1. The molecule has 0 heterocycles. The summed E-state index contributed by atoms with van der Waals surface area (Å²) >= 11 is 0. The molecule has 1 aromatic rings. The predicted octanol–water partition coefficient (Wildman–Crippen LogP) is 1.65. The van der Waals surface area contributed by atoms with E-state index in [1.807, 2.05) is 6.92 Å². The summed E-state index contributed by atoms with van der Waals surface area (Å²) in [5.74, 6) is -1.20. The summed E-state index contributed by atoms with van der Waals surface area (Å²) in [6, 6.07) is 3.71. The van der Waals surface area contributed by atoms with Crippen LogP contribution in [0.25, 0.3) is 0 Å². The van der Waals surface area contributed by atoms with E-state index in [9.17, 15) is 9.59 Å². The molecule has 1 aromatic carbocycles. The Morgan fingerprint density at radius 1 is 1.45 bits per heavy atom. The monoisotopic (exact) mass is 280 g/mol. The summed E-state index contributed by atoms with van der Waals surface area (Å²) in [5, 5.41) is 11.6. The van der Waals surface area contributed by atoms with Crippen molar-refractivity contribution in [2.75, 3.05) is 12.8 Å². The molecule has 0 bridgehead atoms. The summed E-state index contributed by atoms with van der Waals surface area (Å²) < 4.78 is 5.08. The average Bonchev–Trinajstić information content (AvgIpc) is 2.42. The molecule has 0 aromatic heterocycles. The number of anilines is 1. The lowest BCUT2D eigenvalue weighted by Gasteiger charge is -2.15. The number of aliphatic carboxylic acids is 1. The summed E-state index contributed by atoms with van der Waals surface area (Å²) in [5.41, 5.74) is 6.35. The van der Waals surface area contributed by atoms with Crippen LogP contribution >= 0.6 is 0 Å². The molecule has 0 aliphatic rings. The average molecular weight is 280 g/mol. The van der Waals surface area contributed by atoms with Crippen molar-refractivity contribution in [1.82, 2.24) is 5.32 Å². The van der Waals surface area contributed by atoms with Gasteiger partial charge in [-0.05, 0) is 18.6 Å². The Morgan fingerprint density at radius 2 is 2.15 bits per heavy atom. The summed E-state index contributed by atoms with van der Waals surface area (Å²) in [7, 11) is 1.43. The maximum Gasteiger partial charge on any atom is 0.326 e. The van der Waals surface area contributed by atoms with Crippen molar-refractivity contribution in [3.05, 3.63) is 23.8 Å². The summed E-state index contributed by atoms with van der Waals surface area (Å²) in [6.45, 7) is 1.96. The van der Waals surface area contributed by atoms with Gasteiger partial charge >= 0.3 is 5.97 Å². The van der Waals surface area contributed by atoms with Crippen LogP contribution in [0.2, 0.25) is 0 Å². The first-order chi connectivity index (χ1) is 9.49. The summed E-state index contributed by atoms with van der Waals surface area (Å²) in [6.07, 6.45) is 2.00. The molecule has 1 atom stereocenters. The Morgan fingerprint density at radius 3 is 2.70 bits per heavy atom. The highest BCUT2D eigenvalue weighted by molar-refractivity contribution is 5.99. The lowest BCUT2D eigenvalue weighted by molar-refractivity contribution is -0.139. The number of hydrogen-bond acceptors (Lipinski definition) is 4. The van der Waals surface area contributed by atoms with E-state index in [0.717, 1.165) is 12.8 Å². The third-order valence-electron chi connectivity index (χ3n) is 2.92. The van der Waals surface area contributed by atoms with Gasteiger partial charge in [0.2, 0.25) is 0 Å². The molecule has 110 valence electrons. The van der Waals surface area contributed by atoms with Crippen LogP contribution in [0.5, 0.6) is 5.75 Å². The predicted molar refractivity (Wildman–Crippen MR) is 75.8 cm³/mol. The van der Waals surface area contributed by atoms with Gasteiger partial charge in [-0.25, -0.2) is 4.79 Å². The molecule has 6 nitrogen and oxygen atoms in total. The maximum atomic E-state index is 12.1. The molecule has 0 aliphatic carbocycles. The molecule has 1 amide bonds. The molecule has 0 fully saturated rings. The van der Waals surface area contributed by atoms with Gasteiger partial charge < -0.3 is 20.9 Å². The molecule has 0 saturated carbocycles. The standard InChI is InChI=1S/C14H20N2O4/c1-3-4-5-11(14(18)19)16-13(17)10-7-6-9(15)8-12(10)20-2/h6-8,11H,3-5,15H2,1-2H3,(H,16,17)(H,18,19)/t11-/m0/s1. The number of amides is 1. The van der Waals surface area contributed by atoms with Crippen molar-refractivity contribution >= 4 is 17.6 Å². The fourth-order valence-corrected chi connectivity index (χ4v) is 1.80. The van der Waals surface area contributed by atoms with Gasteiger partial charge in [-0.15, -0.1) is 0 Å². The minimum absolute atomic E-state index is 0.268. The van der Waals surface area contributed by atoms with Crippen LogP contribution in [0, 0.1) is 0 Å². The van der Waals surface area contributed by atoms with Gasteiger partial charge in [0, 0.05) is 11.8 Å². The summed E-state index contributed by atoms with van der Waals surface area (Å²) in [4.78, 5) is 23.2. The Balaban J connectivity index is 2.86. The van der Waals surface area contributed by atoms with Crippen molar-refractivity contribution in [1.29, 1.82) is 0 Å².